The van der Waals surface area contributed by atoms with Gasteiger partial charge in [0.25, 0.3) is 0 Å². The molecule has 4 heavy (non-hydrogen) atoms. The first-order valence-corrected chi connectivity index (χ1v) is 0.500. The van der Waals surface area contributed by atoms with E-state index in [0.29, 0.717) is 0 Å². The summed E-state index contributed by atoms with van der Waals surface area (Å²) in [6.45, 7) is 0. The molecule has 0 atom stereocenters. The topological polar surface area (TPSA) is 48.6 Å². The fourth-order valence-electron chi connectivity index (χ4n) is 0. The molecule has 0 fully saturated rings. The SMILES string of the molecule is O.O=S.[H-].[H-].[Mg+2]. The van der Waals surface area contributed by atoms with Gasteiger partial charge in [-0.05, 0) is 0 Å². The summed E-state index contributed by atoms with van der Waals surface area (Å²) in [7, 11) is 0. The predicted octanol–water partition coefficient (Wildman–Crippen LogP) is -1.32. The van der Waals surface area contributed by atoms with E-state index in [2.05, 4.69) is 12.5 Å². The van der Waals surface area contributed by atoms with Crippen molar-refractivity contribution in [2.75, 3.05) is 0 Å². The van der Waals surface area contributed by atoms with Crippen LogP contribution in [0.15, 0.2) is 0 Å². The van der Waals surface area contributed by atoms with Crippen molar-refractivity contribution in [1.82, 2.24) is 0 Å². The summed E-state index contributed by atoms with van der Waals surface area (Å²) in [4.78, 5) is 0. The second-order valence-corrected chi connectivity index (χ2v) is 0. The zero-order valence-corrected chi connectivity index (χ0v) is 4.25. The normalized spacial score (nSPS) is 1.00. The minimum atomic E-state index is 0. The molecule has 0 radical (unpaired) electrons. The summed E-state index contributed by atoms with van der Waals surface area (Å²) in [5.41, 5.74) is 0. The Bertz CT molecular complexity index is 11.5. The summed E-state index contributed by atoms with van der Waals surface area (Å²) in [6, 6.07) is 0. The van der Waals surface area contributed by atoms with Gasteiger partial charge in [-0.25, -0.2) is 0 Å². The summed E-state index contributed by atoms with van der Waals surface area (Å²) in [6.07, 6.45) is 0. The molecule has 0 heterocycles. The molecule has 24 valence electrons. The van der Waals surface area contributed by atoms with Gasteiger partial charge in [0.05, 0.1) is 0 Å². The molecule has 0 unspecified atom stereocenters. The maximum absolute atomic E-state index is 7.83. The summed E-state index contributed by atoms with van der Waals surface area (Å²) in [5, 5.41) is 0. The fourth-order valence-corrected chi connectivity index (χ4v) is 0. The Hall–Kier alpha value is 0.746. The summed E-state index contributed by atoms with van der Waals surface area (Å²) >= 11 is 2.83. The van der Waals surface area contributed by atoms with Crippen molar-refractivity contribution in [2.24, 2.45) is 0 Å². The monoisotopic (exact) mass is 92.0 g/mol. The largest absolute Gasteiger partial charge is 2.00 e. The maximum atomic E-state index is 7.83. The number of hydrogen-bond acceptors (Lipinski definition) is 2. The van der Waals surface area contributed by atoms with Gasteiger partial charge in [0.15, 0.2) is 12.5 Å². The molecule has 0 aliphatic rings. The molecule has 2 N–H and O–H groups in total. The zero-order valence-electron chi connectivity index (χ0n) is 4.02. The standard InChI is InChI=1S/Mg.OS.H2O.2H/c;1-2;;;/h;;1H2;;/q+2;;;2*-1. The van der Waals surface area contributed by atoms with E-state index in [1.54, 1.807) is 0 Å². The molecule has 0 spiro atoms. The van der Waals surface area contributed by atoms with Crippen molar-refractivity contribution in [3.63, 3.8) is 0 Å². The van der Waals surface area contributed by atoms with Crippen LogP contribution in [0.1, 0.15) is 2.85 Å². The average Bonchev–Trinajstić information content (AvgIpc) is 1.00. The van der Waals surface area contributed by atoms with E-state index in [0.717, 1.165) is 0 Å². The first-order valence-electron chi connectivity index (χ1n) is 0.167. The molecular formula is H4MgO2S. The summed E-state index contributed by atoms with van der Waals surface area (Å²) in [5.74, 6) is 0. The third kappa shape index (κ3) is 15.0. The predicted molar refractivity (Wildman–Crippen MR) is 19.7 cm³/mol. The molecular weight excluding hydrogens is 88.4 g/mol. The van der Waals surface area contributed by atoms with E-state index in [9.17, 15) is 0 Å². The Labute approximate surface area is 48.5 Å². The average molecular weight is 92.4 g/mol. The van der Waals surface area contributed by atoms with Gasteiger partial charge in [-0.3, -0.25) is 0 Å². The molecule has 0 bridgehead atoms. The Balaban J connectivity index is -0.000000000833. The molecule has 0 aromatic heterocycles. The molecule has 0 saturated carbocycles. The quantitative estimate of drug-likeness (QED) is 0.348. The fraction of sp³-hybridized carbons (Fsp3) is 0. The second-order valence-electron chi connectivity index (χ2n) is 0. The molecule has 0 saturated heterocycles. The van der Waals surface area contributed by atoms with Gasteiger partial charge in [-0.1, -0.05) is 0 Å². The van der Waals surface area contributed by atoms with E-state index in [1.165, 1.54) is 0 Å². The van der Waals surface area contributed by atoms with Gasteiger partial charge in [0.1, 0.15) is 0 Å². The van der Waals surface area contributed by atoms with Crippen LogP contribution in [-0.4, -0.2) is 32.7 Å². The first kappa shape index (κ1) is 21.8. The minimum Gasteiger partial charge on any atom is -1.00 e. The second kappa shape index (κ2) is 50.7. The van der Waals surface area contributed by atoms with Crippen LogP contribution in [0.25, 0.3) is 0 Å². The zero-order chi connectivity index (χ0) is 2.00. The van der Waals surface area contributed by atoms with Gasteiger partial charge >= 0.3 is 23.1 Å². The van der Waals surface area contributed by atoms with E-state index in [4.69, 9.17) is 4.21 Å². The van der Waals surface area contributed by atoms with Crippen LogP contribution < -0.4 is 0 Å². The van der Waals surface area contributed by atoms with Gasteiger partial charge < -0.3 is 8.33 Å². The smallest absolute Gasteiger partial charge is 1.00 e. The van der Waals surface area contributed by atoms with Crippen LogP contribution in [-0.2, 0) is 12.5 Å². The molecule has 2 nitrogen and oxygen atoms in total. The van der Waals surface area contributed by atoms with Crippen LogP contribution >= 0.6 is 0 Å². The molecule has 0 rings (SSSR count). The third-order valence-corrected chi connectivity index (χ3v) is 0. The van der Waals surface area contributed by atoms with Crippen molar-refractivity contribution < 1.29 is 12.5 Å². The molecule has 0 aromatic carbocycles. The Morgan fingerprint density at radius 2 is 1.50 bits per heavy atom. The van der Waals surface area contributed by atoms with Crippen LogP contribution in [0, 0.1) is 0 Å². The van der Waals surface area contributed by atoms with Crippen molar-refractivity contribution >= 4 is 35.6 Å². The van der Waals surface area contributed by atoms with Gasteiger partial charge in [-0.2, -0.15) is 4.21 Å². The van der Waals surface area contributed by atoms with E-state index < -0.39 is 0 Å². The van der Waals surface area contributed by atoms with Crippen LogP contribution in [0.5, 0.6) is 0 Å². The van der Waals surface area contributed by atoms with Crippen LogP contribution in [0.2, 0.25) is 0 Å². The first-order chi connectivity index (χ1) is 1.00. The Morgan fingerprint density at radius 3 is 1.50 bits per heavy atom. The maximum Gasteiger partial charge on any atom is 2.00 e. The molecule has 0 amide bonds. The third-order valence-electron chi connectivity index (χ3n) is 0. The van der Waals surface area contributed by atoms with E-state index >= 15 is 0 Å². The van der Waals surface area contributed by atoms with E-state index in [-0.39, 0.29) is 31.4 Å². The van der Waals surface area contributed by atoms with Crippen molar-refractivity contribution in [1.29, 1.82) is 0 Å². The molecule has 0 aromatic rings. The number of rotatable bonds is 0. The Morgan fingerprint density at radius 1 is 1.50 bits per heavy atom. The van der Waals surface area contributed by atoms with Crippen LogP contribution in [0.3, 0.4) is 0 Å². The van der Waals surface area contributed by atoms with Gasteiger partial charge in [0, 0.05) is 0 Å². The van der Waals surface area contributed by atoms with Gasteiger partial charge in [0.2, 0.25) is 0 Å². The Kier molecular flexibility index (Phi) is 277. The minimum absolute atomic E-state index is 0. The van der Waals surface area contributed by atoms with Crippen LogP contribution in [0.4, 0.5) is 0 Å². The van der Waals surface area contributed by atoms with Gasteiger partial charge in [-0.15, -0.1) is 0 Å². The van der Waals surface area contributed by atoms with Crippen molar-refractivity contribution in [2.45, 2.75) is 0 Å². The number of hydrogen-bond donors (Lipinski definition) is 0. The summed E-state index contributed by atoms with van der Waals surface area (Å²) < 4.78 is 7.83. The molecule has 0 aliphatic carbocycles. The molecule has 0 aliphatic heterocycles. The van der Waals surface area contributed by atoms with Crippen molar-refractivity contribution in [3.05, 3.63) is 0 Å². The van der Waals surface area contributed by atoms with Crippen molar-refractivity contribution in [3.8, 4) is 0 Å². The van der Waals surface area contributed by atoms with E-state index in [1.807, 2.05) is 0 Å². The molecule has 4 heteroatoms.